The summed E-state index contributed by atoms with van der Waals surface area (Å²) in [5.41, 5.74) is 0.498. The largest absolute Gasteiger partial charge is 0.376 e. The number of hydrogen-bond acceptors (Lipinski definition) is 4. The number of anilines is 1. The monoisotopic (exact) mass is 287 g/mol. The second kappa shape index (κ2) is 5.79. The molecular weight excluding hydrogens is 274 g/mol. The van der Waals surface area contributed by atoms with Gasteiger partial charge in [0.25, 0.3) is 0 Å². The van der Waals surface area contributed by atoms with Gasteiger partial charge >= 0.3 is 5.69 Å². The Morgan fingerprint density at radius 2 is 2.31 bits per heavy atom. The summed E-state index contributed by atoms with van der Waals surface area (Å²) in [5.74, 6) is 0. The first-order valence-corrected chi connectivity index (χ1v) is 5.90. The smallest absolute Gasteiger partial charge is 0.311 e. The molecule has 6 heteroatoms. The van der Waals surface area contributed by atoms with Crippen LogP contribution in [0, 0.1) is 10.1 Å². The second-order valence-corrected chi connectivity index (χ2v) is 4.46. The van der Waals surface area contributed by atoms with Gasteiger partial charge in [-0.05, 0) is 29.3 Å². The van der Waals surface area contributed by atoms with Crippen molar-refractivity contribution in [1.29, 1.82) is 0 Å². The lowest BCUT2D eigenvalue weighted by Gasteiger charge is -2.15. The summed E-state index contributed by atoms with van der Waals surface area (Å²) in [5, 5.41) is 14.0. The van der Waals surface area contributed by atoms with E-state index in [0.29, 0.717) is 10.2 Å². The molecule has 1 aromatic rings. The van der Waals surface area contributed by atoms with Crippen molar-refractivity contribution in [3.63, 3.8) is 0 Å². The predicted octanol–water partition coefficient (Wildman–Crippen LogP) is 3.35. The minimum absolute atomic E-state index is 0.00247. The van der Waals surface area contributed by atoms with Crippen molar-refractivity contribution in [2.24, 2.45) is 0 Å². The van der Waals surface area contributed by atoms with Crippen LogP contribution < -0.4 is 5.32 Å². The Morgan fingerprint density at radius 1 is 1.62 bits per heavy atom. The van der Waals surface area contributed by atoms with Crippen LogP contribution in [0.3, 0.4) is 0 Å². The zero-order valence-corrected chi connectivity index (χ0v) is 10.8. The van der Waals surface area contributed by atoms with Crippen molar-refractivity contribution in [3.8, 4) is 0 Å². The Bertz CT molecular complexity index is 384. The predicted molar refractivity (Wildman–Crippen MR) is 66.6 cm³/mol. The molecule has 0 radical (unpaired) electrons. The molecule has 0 saturated heterocycles. The Hall–Kier alpha value is -1.17. The summed E-state index contributed by atoms with van der Waals surface area (Å²) in [6.45, 7) is 4.08. The highest BCUT2D eigenvalue weighted by atomic mass is 79.9. The first-order chi connectivity index (χ1) is 7.56. The van der Waals surface area contributed by atoms with Crippen molar-refractivity contribution < 1.29 is 4.92 Å². The molecule has 0 aromatic carbocycles. The van der Waals surface area contributed by atoms with Crippen LogP contribution in [0.25, 0.3) is 0 Å². The fourth-order valence-corrected chi connectivity index (χ4v) is 1.89. The number of nitrogens with one attached hydrogen (secondary N) is 1. The lowest BCUT2D eigenvalue weighted by atomic mass is 10.2. The Balaban J connectivity index is 2.97. The molecule has 0 spiro atoms. The van der Waals surface area contributed by atoms with Crippen LogP contribution >= 0.6 is 15.9 Å². The SMILES string of the molecule is CCCC(C)Nc1c(Br)cncc1[N+](=O)[O-]. The molecule has 1 rings (SSSR count). The fourth-order valence-electron chi connectivity index (χ4n) is 1.46. The van der Waals surface area contributed by atoms with Crippen molar-refractivity contribution in [3.05, 3.63) is 27.0 Å². The molecule has 0 aliphatic rings. The maximum atomic E-state index is 10.8. The van der Waals surface area contributed by atoms with E-state index in [2.05, 4.69) is 33.2 Å². The molecule has 1 heterocycles. The first-order valence-electron chi connectivity index (χ1n) is 5.10. The van der Waals surface area contributed by atoms with Crippen molar-refractivity contribution in [2.75, 3.05) is 5.32 Å². The van der Waals surface area contributed by atoms with E-state index in [1.54, 1.807) is 6.20 Å². The summed E-state index contributed by atoms with van der Waals surface area (Å²) in [4.78, 5) is 14.2. The van der Waals surface area contributed by atoms with Gasteiger partial charge in [-0.3, -0.25) is 15.1 Å². The summed E-state index contributed by atoms with van der Waals surface area (Å²) in [6.07, 6.45) is 4.80. The van der Waals surface area contributed by atoms with Crippen LogP contribution in [0.2, 0.25) is 0 Å². The normalized spacial score (nSPS) is 12.2. The second-order valence-electron chi connectivity index (χ2n) is 3.61. The molecule has 5 nitrogen and oxygen atoms in total. The van der Waals surface area contributed by atoms with Gasteiger partial charge in [-0.15, -0.1) is 0 Å². The average Bonchev–Trinajstić information content (AvgIpc) is 2.21. The Kier molecular flexibility index (Phi) is 4.67. The minimum atomic E-state index is -0.432. The van der Waals surface area contributed by atoms with E-state index >= 15 is 0 Å². The van der Waals surface area contributed by atoms with Crippen molar-refractivity contribution in [2.45, 2.75) is 32.7 Å². The number of halogens is 1. The zero-order valence-electron chi connectivity index (χ0n) is 9.24. The van der Waals surface area contributed by atoms with Crippen molar-refractivity contribution >= 4 is 27.3 Å². The molecule has 0 fully saturated rings. The Morgan fingerprint density at radius 3 is 2.88 bits per heavy atom. The van der Waals surface area contributed by atoms with Crippen LogP contribution in [0.1, 0.15) is 26.7 Å². The summed E-state index contributed by atoms with van der Waals surface area (Å²) in [6, 6.07) is 0.197. The molecule has 0 amide bonds. The van der Waals surface area contributed by atoms with Crippen LogP contribution in [0.5, 0.6) is 0 Å². The third-order valence-electron chi connectivity index (χ3n) is 2.19. The summed E-state index contributed by atoms with van der Waals surface area (Å²) < 4.78 is 0.615. The third kappa shape index (κ3) is 3.16. The molecule has 1 N–H and O–H groups in total. The first kappa shape index (κ1) is 12.9. The Labute approximate surface area is 103 Å². The number of pyridine rings is 1. The van der Waals surface area contributed by atoms with Crippen LogP contribution in [-0.2, 0) is 0 Å². The summed E-state index contributed by atoms with van der Waals surface area (Å²) in [7, 11) is 0. The van der Waals surface area contributed by atoms with Crippen molar-refractivity contribution in [1.82, 2.24) is 4.98 Å². The van der Waals surface area contributed by atoms with Gasteiger partial charge in [0, 0.05) is 12.2 Å². The highest BCUT2D eigenvalue weighted by Crippen LogP contribution is 2.31. The molecule has 0 saturated carbocycles. The van der Waals surface area contributed by atoms with Gasteiger partial charge < -0.3 is 5.32 Å². The van der Waals surface area contributed by atoms with E-state index < -0.39 is 4.92 Å². The maximum Gasteiger partial charge on any atom is 0.311 e. The molecule has 0 aliphatic carbocycles. The van der Waals surface area contributed by atoms with Gasteiger partial charge in [-0.2, -0.15) is 0 Å². The lowest BCUT2D eigenvalue weighted by molar-refractivity contribution is -0.384. The molecule has 1 aromatic heterocycles. The van der Waals surface area contributed by atoms with Crippen LogP contribution in [0.15, 0.2) is 16.9 Å². The molecule has 88 valence electrons. The molecular formula is C10H14BrN3O2. The highest BCUT2D eigenvalue weighted by molar-refractivity contribution is 9.10. The number of hydrogen-bond donors (Lipinski definition) is 1. The van der Waals surface area contributed by atoms with Gasteiger partial charge in [-0.1, -0.05) is 13.3 Å². The topological polar surface area (TPSA) is 68.1 Å². The van der Waals surface area contributed by atoms with Gasteiger partial charge in [0.1, 0.15) is 11.9 Å². The lowest BCUT2D eigenvalue weighted by Crippen LogP contribution is -2.16. The zero-order chi connectivity index (χ0) is 12.1. The van der Waals surface area contributed by atoms with Gasteiger partial charge in [-0.25, -0.2) is 0 Å². The number of rotatable bonds is 5. The number of nitro groups is 1. The number of aromatic nitrogens is 1. The van der Waals surface area contributed by atoms with E-state index in [1.165, 1.54) is 6.20 Å². The molecule has 16 heavy (non-hydrogen) atoms. The van der Waals surface area contributed by atoms with Crippen LogP contribution in [-0.4, -0.2) is 15.9 Å². The molecule has 0 bridgehead atoms. The van der Waals surface area contributed by atoms with Gasteiger partial charge in [0.05, 0.1) is 9.40 Å². The standard InChI is InChI=1S/C10H14BrN3O2/c1-3-4-7(2)13-10-8(11)5-12-6-9(10)14(15)16/h5-7H,3-4H2,1-2H3,(H,12,13). The number of nitrogens with zero attached hydrogens (tertiary/aromatic N) is 2. The van der Waals surface area contributed by atoms with E-state index in [4.69, 9.17) is 0 Å². The summed E-state index contributed by atoms with van der Waals surface area (Å²) >= 11 is 3.27. The van der Waals surface area contributed by atoms with E-state index in [0.717, 1.165) is 12.8 Å². The maximum absolute atomic E-state index is 10.8. The molecule has 1 atom stereocenters. The fraction of sp³-hybridized carbons (Fsp3) is 0.500. The van der Waals surface area contributed by atoms with E-state index in [9.17, 15) is 10.1 Å². The van der Waals surface area contributed by atoms with Crippen LogP contribution in [0.4, 0.5) is 11.4 Å². The van der Waals surface area contributed by atoms with Gasteiger partial charge in [0.15, 0.2) is 0 Å². The third-order valence-corrected chi connectivity index (χ3v) is 2.79. The minimum Gasteiger partial charge on any atom is -0.376 e. The highest BCUT2D eigenvalue weighted by Gasteiger charge is 2.18. The molecule has 1 unspecified atom stereocenters. The van der Waals surface area contributed by atoms with Gasteiger partial charge in [0.2, 0.25) is 0 Å². The average molecular weight is 288 g/mol. The van der Waals surface area contributed by atoms with E-state index in [1.807, 2.05) is 6.92 Å². The quantitative estimate of drug-likeness (QED) is 0.666. The molecule has 0 aliphatic heterocycles. The van der Waals surface area contributed by atoms with E-state index in [-0.39, 0.29) is 11.7 Å².